The lowest BCUT2D eigenvalue weighted by Gasteiger charge is -2.16. The Bertz CT molecular complexity index is 720. The van der Waals surface area contributed by atoms with Crippen molar-refractivity contribution in [1.29, 1.82) is 0 Å². The molecule has 3 aromatic rings. The highest BCUT2D eigenvalue weighted by Gasteiger charge is 2.21. The van der Waals surface area contributed by atoms with Gasteiger partial charge in [-0.25, -0.2) is 0 Å². The van der Waals surface area contributed by atoms with Crippen LogP contribution >= 0.6 is 11.3 Å². The molecule has 28 heavy (non-hydrogen) atoms. The van der Waals surface area contributed by atoms with E-state index in [4.69, 9.17) is 5.11 Å². The molecular formula is C22H27NO4S. The number of quaternary nitrogens is 1. The molecule has 2 aromatic carbocycles. The minimum atomic E-state index is -1.02. The van der Waals surface area contributed by atoms with E-state index >= 15 is 0 Å². The van der Waals surface area contributed by atoms with Gasteiger partial charge in [-0.1, -0.05) is 66.7 Å². The van der Waals surface area contributed by atoms with Gasteiger partial charge in [0.05, 0.1) is 0 Å². The summed E-state index contributed by atoms with van der Waals surface area (Å²) in [7, 11) is 0. The van der Waals surface area contributed by atoms with Gasteiger partial charge in [-0.2, -0.15) is 0 Å². The van der Waals surface area contributed by atoms with Crippen molar-refractivity contribution < 1.29 is 25.8 Å². The van der Waals surface area contributed by atoms with Crippen molar-refractivity contribution in [3.05, 3.63) is 94.2 Å². The van der Waals surface area contributed by atoms with Gasteiger partial charge in [0, 0.05) is 29.4 Å². The summed E-state index contributed by atoms with van der Waals surface area (Å²) >= 11 is 1.43. The van der Waals surface area contributed by atoms with Gasteiger partial charge in [-0.15, -0.1) is 11.3 Å². The molecule has 0 aliphatic rings. The first-order valence-corrected chi connectivity index (χ1v) is 9.81. The number of carbonyl (C=O) groups is 1. The fourth-order valence-electron chi connectivity index (χ4n) is 2.32. The molecule has 0 aliphatic heterocycles. The normalized spacial score (nSPS) is 11.9. The molecule has 1 heterocycles. The van der Waals surface area contributed by atoms with Crippen molar-refractivity contribution >= 4 is 17.3 Å². The molecule has 3 rings (SSSR count). The topological polar surface area (TPSA) is 108 Å². The Kier molecular flexibility index (Phi) is 11.5. The highest BCUT2D eigenvalue weighted by atomic mass is 32.1. The molecule has 0 spiro atoms. The first kappa shape index (κ1) is 23.5. The first-order chi connectivity index (χ1) is 13.5. The largest absolute Gasteiger partial charge is 0.550 e. The molecule has 0 saturated heterocycles. The van der Waals surface area contributed by atoms with Crippen LogP contribution in [-0.2, 0) is 11.2 Å². The van der Waals surface area contributed by atoms with Crippen molar-refractivity contribution in [2.45, 2.75) is 25.5 Å². The van der Waals surface area contributed by atoms with Crippen LogP contribution in [0.5, 0.6) is 0 Å². The average molecular weight is 402 g/mol. The number of thiophene rings is 1. The maximum absolute atomic E-state index is 10.2. The van der Waals surface area contributed by atoms with E-state index in [1.54, 1.807) is 13.0 Å². The molecule has 0 aliphatic carbocycles. The van der Waals surface area contributed by atoms with E-state index in [9.17, 15) is 15.0 Å². The van der Waals surface area contributed by atoms with Crippen molar-refractivity contribution in [2.75, 3.05) is 6.61 Å². The van der Waals surface area contributed by atoms with Gasteiger partial charge in [-0.3, -0.25) is 0 Å². The minimum absolute atomic E-state index is 0.0394. The number of benzene rings is 2. The fourth-order valence-corrected chi connectivity index (χ4v) is 3.01. The molecule has 0 fully saturated rings. The molecule has 0 radical (unpaired) electrons. The Morgan fingerprint density at radius 1 is 1.00 bits per heavy atom. The number of aliphatic carboxylic acids is 1. The number of carboxylic acid groups (broad SMARTS) is 1. The zero-order chi connectivity index (χ0) is 20.8. The van der Waals surface area contributed by atoms with Crippen LogP contribution in [-0.4, -0.2) is 22.8 Å². The predicted octanol–water partition coefficient (Wildman–Crippen LogP) is 1.74. The SMILES string of the molecule is CCO.O=C([O-])Cc1cccs1.[NH3+][C@@H](c1ccccc1)[C@H](O)c1ccccc1. The summed E-state index contributed by atoms with van der Waals surface area (Å²) in [4.78, 5) is 10.8. The maximum Gasteiger partial charge on any atom is 0.140 e. The summed E-state index contributed by atoms with van der Waals surface area (Å²) in [5, 5.41) is 29.6. The van der Waals surface area contributed by atoms with Crippen LogP contribution < -0.4 is 10.8 Å². The summed E-state index contributed by atoms with van der Waals surface area (Å²) in [6.45, 7) is 1.93. The number of aliphatic hydroxyl groups excluding tert-OH is 2. The predicted molar refractivity (Wildman–Crippen MR) is 109 cm³/mol. The smallest absolute Gasteiger partial charge is 0.140 e. The zero-order valence-corrected chi connectivity index (χ0v) is 16.7. The Hall–Kier alpha value is -2.51. The van der Waals surface area contributed by atoms with Crippen molar-refractivity contribution in [1.82, 2.24) is 0 Å². The van der Waals surface area contributed by atoms with Crippen molar-refractivity contribution in [2.24, 2.45) is 0 Å². The quantitative estimate of drug-likeness (QED) is 0.605. The third-order valence-corrected chi connectivity index (χ3v) is 4.53. The van der Waals surface area contributed by atoms with Gasteiger partial charge in [0.1, 0.15) is 12.1 Å². The standard InChI is InChI=1S/C14H15NO.C6H6O2S.C2H6O/c15-13(11-7-3-1-4-8-11)14(16)12-9-5-2-6-10-12;7-6(8)4-5-2-1-3-9-5;1-2-3/h1-10,13-14,16H,15H2;1-3H,4H2,(H,7,8);3H,2H2,1H3/t13-,14+;;/m0../s1. The van der Waals surface area contributed by atoms with Gasteiger partial charge < -0.3 is 25.8 Å². The van der Waals surface area contributed by atoms with Gasteiger partial charge in [-0.05, 0) is 23.9 Å². The van der Waals surface area contributed by atoms with Gasteiger partial charge in [0.2, 0.25) is 0 Å². The Morgan fingerprint density at radius 3 is 1.93 bits per heavy atom. The lowest BCUT2D eigenvalue weighted by Crippen LogP contribution is -2.56. The third-order valence-electron chi connectivity index (χ3n) is 3.65. The average Bonchev–Trinajstić information content (AvgIpc) is 3.22. The number of rotatable bonds is 5. The molecular weight excluding hydrogens is 374 g/mol. The number of carboxylic acids is 1. The van der Waals surface area contributed by atoms with E-state index in [0.717, 1.165) is 16.0 Å². The van der Waals surface area contributed by atoms with Gasteiger partial charge in [0.25, 0.3) is 0 Å². The second-order valence-electron chi connectivity index (χ2n) is 5.82. The minimum Gasteiger partial charge on any atom is -0.550 e. The van der Waals surface area contributed by atoms with Gasteiger partial charge in [0.15, 0.2) is 0 Å². The van der Waals surface area contributed by atoms with Crippen LogP contribution in [0.1, 0.15) is 35.1 Å². The monoisotopic (exact) mass is 401 g/mol. The van der Waals surface area contributed by atoms with Crippen molar-refractivity contribution in [3.8, 4) is 0 Å². The summed E-state index contributed by atoms with van der Waals surface area (Å²) < 4.78 is 0. The molecule has 0 amide bonds. The van der Waals surface area contributed by atoms with Crippen LogP contribution in [0.4, 0.5) is 0 Å². The molecule has 0 bridgehead atoms. The van der Waals surface area contributed by atoms with E-state index in [1.165, 1.54) is 11.3 Å². The molecule has 2 atom stereocenters. The van der Waals surface area contributed by atoms with Crippen LogP contribution in [0, 0.1) is 0 Å². The van der Waals surface area contributed by atoms with E-state index in [-0.39, 0.29) is 19.1 Å². The maximum atomic E-state index is 10.2. The summed E-state index contributed by atoms with van der Waals surface area (Å²) in [5.41, 5.74) is 6.00. The Morgan fingerprint density at radius 2 is 1.50 bits per heavy atom. The van der Waals surface area contributed by atoms with E-state index < -0.39 is 12.1 Å². The number of hydrogen-bond acceptors (Lipinski definition) is 5. The summed E-state index contributed by atoms with van der Waals surface area (Å²) in [6.07, 6.45) is -0.513. The van der Waals surface area contributed by atoms with Crippen LogP contribution in [0.25, 0.3) is 0 Å². The summed E-state index contributed by atoms with van der Waals surface area (Å²) in [5.74, 6) is -1.02. The Balaban J connectivity index is 0.000000276. The van der Waals surface area contributed by atoms with Crippen LogP contribution in [0.3, 0.4) is 0 Å². The van der Waals surface area contributed by atoms with Crippen molar-refractivity contribution in [3.63, 3.8) is 0 Å². The second-order valence-corrected chi connectivity index (χ2v) is 6.85. The van der Waals surface area contributed by atoms with Gasteiger partial charge >= 0.3 is 0 Å². The van der Waals surface area contributed by atoms with Crippen LogP contribution in [0.2, 0.25) is 0 Å². The molecule has 5 nitrogen and oxygen atoms in total. The number of aliphatic hydroxyl groups is 2. The third kappa shape index (κ3) is 8.92. The molecule has 1 aromatic heterocycles. The van der Waals surface area contributed by atoms with E-state index in [2.05, 4.69) is 5.73 Å². The molecule has 5 N–H and O–H groups in total. The lowest BCUT2D eigenvalue weighted by atomic mass is 9.97. The highest BCUT2D eigenvalue weighted by Crippen LogP contribution is 2.24. The zero-order valence-electron chi connectivity index (χ0n) is 15.9. The van der Waals surface area contributed by atoms with E-state index in [1.807, 2.05) is 72.1 Å². The molecule has 0 unspecified atom stereocenters. The highest BCUT2D eigenvalue weighted by molar-refractivity contribution is 7.10. The summed E-state index contributed by atoms with van der Waals surface area (Å²) in [6, 6.07) is 23.0. The van der Waals surface area contributed by atoms with E-state index in [0.29, 0.717) is 0 Å². The fraction of sp³-hybridized carbons (Fsp3) is 0.227. The Labute approximate surface area is 169 Å². The molecule has 150 valence electrons. The van der Waals surface area contributed by atoms with Crippen LogP contribution in [0.15, 0.2) is 78.2 Å². The molecule has 6 heteroatoms. The molecule has 0 saturated carbocycles. The lowest BCUT2D eigenvalue weighted by molar-refractivity contribution is -0.446. The second kappa shape index (κ2) is 13.6. The number of hydrogen-bond donors (Lipinski definition) is 3. The number of carbonyl (C=O) groups excluding carboxylic acids is 1. The first-order valence-electron chi connectivity index (χ1n) is 8.93.